The Hall–Kier alpha value is -1.57. The van der Waals surface area contributed by atoms with Crippen molar-refractivity contribution in [1.82, 2.24) is 0 Å². The van der Waals surface area contributed by atoms with Crippen LogP contribution in [0.2, 0.25) is 0 Å². The number of rotatable bonds is 6. The van der Waals surface area contributed by atoms with Crippen molar-refractivity contribution in [3.05, 3.63) is 52.5 Å². The normalized spacial score (nSPS) is 12.7. The number of aliphatic hydroxyl groups is 1. The molecule has 0 aliphatic rings. The van der Waals surface area contributed by atoms with Crippen LogP contribution in [0, 0.1) is 6.92 Å². The van der Waals surface area contributed by atoms with Crippen LogP contribution in [-0.2, 0) is 10.0 Å². The highest BCUT2D eigenvalue weighted by atomic mass is 79.9. The number of anilines is 2. The van der Waals surface area contributed by atoms with Gasteiger partial charge in [0.2, 0.25) is 0 Å². The van der Waals surface area contributed by atoms with Crippen LogP contribution in [0.3, 0.4) is 0 Å². The third-order valence-electron chi connectivity index (χ3n) is 3.23. The summed E-state index contributed by atoms with van der Waals surface area (Å²) in [4.78, 5) is 0.198. The monoisotopic (exact) mass is 398 g/mol. The number of halogens is 1. The molecule has 0 heterocycles. The summed E-state index contributed by atoms with van der Waals surface area (Å²) in [6.45, 7) is 3.65. The van der Waals surface area contributed by atoms with Gasteiger partial charge in [0.05, 0.1) is 22.9 Å². The van der Waals surface area contributed by atoms with Crippen LogP contribution in [0.15, 0.2) is 51.8 Å². The van der Waals surface area contributed by atoms with Gasteiger partial charge in [0.15, 0.2) is 0 Å². The Kier molecular flexibility index (Phi) is 5.67. The van der Waals surface area contributed by atoms with E-state index in [1.165, 1.54) is 0 Å². The highest BCUT2D eigenvalue weighted by molar-refractivity contribution is 9.10. The van der Waals surface area contributed by atoms with Gasteiger partial charge in [-0.1, -0.05) is 33.6 Å². The molecule has 0 radical (unpaired) electrons. The van der Waals surface area contributed by atoms with Gasteiger partial charge < -0.3 is 10.4 Å². The molecule has 3 N–H and O–H groups in total. The van der Waals surface area contributed by atoms with E-state index in [-0.39, 0.29) is 17.5 Å². The van der Waals surface area contributed by atoms with Gasteiger partial charge in [-0.2, -0.15) is 0 Å². The third-order valence-corrected chi connectivity index (χ3v) is 5.11. The summed E-state index contributed by atoms with van der Waals surface area (Å²) >= 11 is 3.34. The maximum Gasteiger partial charge on any atom is 0.261 e. The van der Waals surface area contributed by atoms with Crippen molar-refractivity contribution < 1.29 is 13.5 Å². The van der Waals surface area contributed by atoms with Crippen molar-refractivity contribution in [2.75, 3.05) is 16.6 Å². The van der Waals surface area contributed by atoms with Crippen molar-refractivity contribution in [3.8, 4) is 0 Å². The molecule has 2 aromatic carbocycles. The van der Waals surface area contributed by atoms with Gasteiger partial charge >= 0.3 is 0 Å². The molecule has 1 atom stereocenters. The Labute approximate surface area is 144 Å². The fourth-order valence-corrected chi connectivity index (χ4v) is 3.39. The fourth-order valence-electron chi connectivity index (χ4n) is 1.96. The molecule has 7 heteroatoms. The van der Waals surface area contributed by atoms with E-state index in [1.807, 2.05) is 6.92 Å². The van der Waals surface area contributed by atoms with Gasteiger partial charge in [0.25, 0.3) is 10.0 Å². The quantitative estimate of drug-likeness (QED) is 0.696. The van der Waals surface area contributed by atoms with E-state index in [0.29, 0.717) is 11.4 Å². The molecule has 5 nitrogen and oxygen atoms in total. The Morgan fingerprint density at radius 1 is 1.13 bits per heavy atom. The topological polar surface area (TPSA) is 78.4 Å². The van der Waals surface area contributed by atoms with E-state index in [4.69, 9.17) is 5.11 Å². The molecule has 0 spiro atoms. The van der Waals surface area contributed by atoms with E-state index in [9.17, 15) is 8.42 Å². The van der Waals surface area contributed by atoms with E-state index < -0.39 is 10.0 Å². The molecule has 2 aromatic rings. The SMILES string of the molecule is Cc1ccc(S(=O)(=O)Nc2cc(Br)ccc2N[C@@H](C)CO)cc1. The molecule has 2 rings (SSSR count). The number of hydrogen-bond acceptors (Lipinski definition) is 4. The van der Waals surface area contributed by atoms with Crippen molar-refractivity contribution in [3.63, 3.8) is 0 Å². The molecule has 0 saturated carbocycles. The predicted octanol–water partition coefficient (Wildman–Crippen LogP) is 3.35. The van der Waals surface area contributed by atoms with E-state index in [0.717, 1.165) is 10.0 Å². The van der Waals surface area contributed by atoms with Crippen LogP contribution >= 0.6 is 15.9 Å². The van der Waals surface area contributed by atoms with E-state index >= 15 is 0 Å². The second-order valence-electron chi connectivity index (χ2n) is 5.34. The molecule has 0 aromatic heterocycles. The van der Waals surface area contributed by atoms with E-state index in [2.05, 4.69) is 26.0 Å². The number of aliphatic hydroxyl groups excluding tert-OH is 1. The maximum absolute atomic E-state index is 12.5. The molecule has 0 aliphatic carbocycles. The summed E-state index contributed by atoms with van der Waals surface area (Å²) in [6, 6.07) is 11.7. The smallest absolute Gasteiger partial charge is 0.261 e. The first-order valence-electron chi connectivity index (χ1n) is 7.08. The predicted molar refractivity (Wildman–Crippen MR) is 96.3 cm³/mol. The lowest BCUT2D eigenvalue weighted by molar-refractivity contribution is 0.281. The van der Waals surface area contributed by atoms with Crippen LogP contribution in [0.4, 0.5) is 11.4 Å². The summed E-state index contributed by atoms with van der Waals surface area (Å²) in [6.07, 6.45) is 0. The molecule has 0 bridgehead atoms. The Morgan fingerprint density at radius 2 is 1.78 bits per heavy atom. The van der Waals surface area contributed by atoms with Crippen molar-refractivity contribution in [2.45, 2.75) is 24.8 Å². The van der Waals surface area contributed by atoms with Gasteiger partial charge in [-0.05, 0) is 44.2 Å². The number of aryl methyl sites for hydroxylation is 1. The Balaban J connectivity index is 2.34. The third kappa shape index (κ3) is 4.70. The van der Waals surface area contributed by atoms with Crippen LogP contribution < -0.4 is 10.0 Å². The second-order valence-corrected chi connectivity index (χ2v) is 7.93. The Morgan fingerprint density at radius 3 is 2.39 bits per heavy atom. The number of benzene rings is 2. The lowest BCUT2D eigenvalue weighted by Gasteiger charge is -2.18. The first kappa shape index (κ1) is 17.8. The molecular formula is C16H19BrN2O3S. The Bertz CT molecular complexity index is 776. The minimum Gasteiger partial charge on any atom is -0.394 e. The maximum atomic E-state index is 12.5. The zero-order valence-electron chi connectivity index (χ0n) is 12.9. The standard InChI is InChI=1S/C16H19BrN2O3S/c1-11-3-6-14(7-4-11)23(21,22)19-16-9-13(17)5-8-15(16)18-12(2)10-20/h3-9,12,18-20H,10H2,1-2H3/t12-/m0/s1. The van der Waals surface area contributed by atoms with Crippen LogP contribution in [0.5, 0.6) is 0 Å². The molecule has 124 valence electrons. The lowest BCUT2D eigenvalue weighted by atomic mass is 10.2. The highest BCUT2D eigenvalue weighted by Gasteiger charge is 2.17. The van der Waals surface area contributed by atoms with E-state index in [1.54, 1.807) is 49.4 Å². The number of sulfonamides is 1. The van der Waals surface area contributed by atoms with Gasteiger partial charge in [-0.3, -0.25) is 4.72 Å². The van der Waals surface area contributed by atoms with Gasteiger partial charge in [0, 0.05) is 10.5 Å². The molecule has 0 aliphatic heterocycles. The fraction of sp³-hybridized carbons (Fsp3) is 0.250. The van der Waals surface area contributed by atoms with Crippen molar-refractivity contribution >= 4 is 37.3 Å². The van der Waals surface area contributed by atoms with Crippen LogP contribution in [0.25, 0.3) is 0 Å². The molecule has 0 saturated heterocycles. The molecule has 0 amide bonds. The first-order chi connectivity index (χ1) is 10.8. The van der Waals surface area contributed by atoms with Crippen LogP contribution in [0.1, 0.15) is 12.5 Å². The summed E-state index contributed by atoms with van der Waals surface area (Å²) in [5.41, 5.74) is 2.01. The summed E-state index contributed by atoms with van der Waals surface area (Å²) in [5, 5.41) is 12.2. The van der Waals surface area contributed by atoms with Gasteiger partial charge in [-0.25, -0.2) is 8.42 Å². The summed E-state index contributed by atoms with van der Waals surface area (Å²) in [5.74, 6) is 0. The largest absolute Gasteiger partial charge is 0.394 e. The van der Waals surface area contributed by atoms with Gasteiger partial charge in [-0.15, -0.1) is 0 Å². The minimum absolute atomic E-state index is 0.0553. The molecule has 0 unspecified atom stereocenters. The number of nitrogens with one attached hydrogen (secondary N) is 2. The minimum atomic E-state index is -3.69. The number of hydrogen-bond donors (Lipinski definition) is 3. The van der Waals surface area contributed by atoms with Crippen molar-refractivity contribution in [2.24, 2.45) is 0 Å². The average molecular weight is 399 g/mol. The van der Waals surface area contributed by atoms with Crippen LogP contribution in [-0.4, -0.2) is 26.2 Å². The summed E-state index contributed by atoms with van der Waals surface area (Å²) < 4.78 is 28.4. The zero-order chi connectivity index (χ0) is 17.0. The zero-order valence-corrected chi connectivity index (χ0v) is 15.3. The molecule has 23 heavy (non-hydrogen) atoms. The summed E-state index contributed by atoms with van der Waals surface area (Å²) in [7, 11) is -3.69. The average Bonchev–Trinajstić information content (AvgIpc) is 2.50. The first-order valence-corrected chi connectivity index (χ1v) is 9.36. The highest BCUT2D eigenvalue weighted by Crippen LogP contribution is 2.29. The molecular weight excluding hydrogens is 380 g/mol. The lowest BCUT2D eigenvalue weighted by Crippen LogP contribution is -2.21. The van der Waals surface area contributed by atoms with Gasteiger partial charge in [0.1, 0.15) is 0 Å². The second kappa shape index (κ2) is 7.33. The molecule has 0 fully saturated rings. The van der Waals surface area contributed by atoms with Crippen molar-refractivity contribution in [1.29, 1.82) is 0 Å².